The van der Waals surface area contributed by atoms with Crippen LogP contribution in [-0.2, 0) is 6.42 Å². The Balaban J connectivity index is 2.13. The van der Waals surface area contributed by atoms with Crippen molar-refractivity contribution in [3.8, 4) is 0 Å². The van der Waals surface area contributed by atoms with Gasteiger partial charge in [0.15, 0.2) is 0 Å². The first-order valence-corrected chi connectivity index (χ1v) is 6.84. The average molecular weight is 307 g/mol. The number of aryl methyl sites for hydroxylation is 1. The lowest BCUT2D eigenvalue weighted by Gasteiger charge is -2.22. The normalized spacial score (nSPS) is 12.7. The Morgan fingerprint density at radius 3 is 2.18 bits per heavy atom. The number of alkyl halides is 3. The van der Waals surface area contributed by atoms with Crippen molar-refractivity contribution in [2.45, 2.75) is 25.6 Å². The van der Waals surface area contributed by atoms with Crippen molar-refractivity contribution in [3.63, 3.8) is 0 Å². The van der Waals surface area contributed by atoms with Gasteiger partial charge in [-0.25, -0.2) is 0 Å². The maximum atomic E-state index is 13.1. The first kappa shape index (κ1) is 16.1. The summed E-state index contributed by atoms with van der Waals surface area (Å²) in [6.07, 6.45) is -4.79. The molecule has 2 nitrogen and oxygen atoms in total. The molecule has 0 heterocycles. The van der Waals surface area contributed by atoms with Crippen LogP contribution in [0.3, 0.4) is 0 Å². The summed E-state index contributed by atoms with van der Waals surface area (Å²) in [6, 6.07) is 12.8. The second kappa shape index (κ2) is 6.64. The predicted octanol–water partition coefficient (Wildman–Crippen LogP) is 3.90. The van der Waals surface area contributed by atoms with E-state index in [4.69, 9.17) is 0 Å². The van der Waals surface area contributed by atoms with Gasteiger partial charge in [-0.15, -0.1) is 0 Å². The molecule has 116 valence electrons. The lowest BCUT2D eigenvalue weighted by atomic mass is 10.0. The van der Waals surface area contributed by atoms with Crippen molar-refractivity contribution in [1.29, 1.82) is 0 Å². The molecule has 0 bridgehead atoms. The molecule has 0 aliphatic carbocycles. The minimum atomic E-state index is -4.50. The molecule has 1 amide bonds. The number of hydrogen-bond donors (Lipinski definition) is 1. The first-order valence-electron chi connectivity index (χ1n) is 6.84. The monoisotopic (exact) mass is 307 g/mol. The fourth-order valence-corrected chi connectivity index (χ4v) is 2.04. The predicted molar refractivity (Wildman–Crippen MR) is 78.6 cm³/mol. The standard InChI is InChI=1S/C17H16F3NO/c1-12-7-9-13(10-8-12)11-15(17(18,19)20)21-16(22)14-5-3-2-4-6-14/h2-10,15H,11H2,1H3,(H,21,22)/t15-/m0/s1. The molecule has 0 saturated heterocycles. The topological polar surface area (TPSA) is 29.1 Å². The fraction of sp³-hybridized carbons (Fsp3) is 0.235. The highest BCUT2D eigenvalue weighted by atomic mass is 19.4. The van der Waals surface area contributed by atoms with Gasteiger partial charge in [-0.2, -0.15) is 13.2 Å². The Kier molecular flexibility index (Phi) is 4.85. The number of carbonyl (C=O) groups excluding carboxylic acids is 1. The molecule has 5 heteroatoms. The molecule has 22 heavy (non-hydrogen) atoms. The van der Waals surface area contributed by atoms with Gasteiger partial charge in [-0.1, -0.05) is 48.0 Å². The van der Waals surface area contributed by atoms with E-state index in [0.29, 0.717) is 5.56 Å². The molecule has 0 aliphatic rings. The molecule has 1 atom stereocenters. The molecule has 1 N–H and O–H groups in total. The lowest BCUT2D eigenvalue weighted by molar-refractivity contribution is -0.153. The van der Waals surface area contributed by atoms with E-state index >= 15 is 0 Å². The Morgan fingerprint density at radius 1 is 1.05 bits per heavy atom. The van der Waals surface area contributed by atoms with Gasteiger partial charge in [0.25, 0.3) is 5.91 Å². The van der Waals surface area contributed by atoms with Crippen LogP contribution in [0, 0.1) is 6.92 Å². The van der Waals surface area contributed by atoms with Crippen LogP contribution in [0.15, 0.2) is 54.6 Å². The zero-order valence-corrected chi connectivity index (χ0v) is 12.0. The summed E-state index contributed by atoms with van der Waals surface area (Å²) < 4.78 is 39.4. The zero-order valence-electron chi connectivity index (χ0n) is 12.0. The molecule has 2 rings (SSSR count). The highest BCUT2D eigenvalue weighted by Gasteiger charge is 2.40. The van der Waals surface area contributed by atoms with Gasteiger partial charge < -0.3 is 5.32 Å². The number of halogens is 3. The lowest BCUT2D eigenvalue weighted by Crippen LogP contribution is -2.46. The summed E-state index contributed by atoms with van der Waals surface area (Å²) in [7, 11) is 0. The van der Waals surface area contributed by atoms with Crippen LogP contribution in [0.5, 0.6) is 0 Å². The van der Waals surface area contributed by atoms with Crippen molar-refractivity contribution < 1.29 is 18.0 Å². The second-order valence-corrected chi connectivity index (χ2v) is 5.12. The summed E-state index contributed by atoms with van der Waals surface area (Å²) in [5, 5.41) is 2.07. The third kappa shape index (κ3) is 4.35. The molecule has 0 spiro atoms. The van der Waals surface area contributed by atoms with E-state index in [-0.39, 0.29) is 12.0 Å². The summed E-state index contributed by atoms with van der Waals surface area (Å²) >= 11 is 0. The smallest absolute Gasteiger partial charge is 0.340 e. The molecular formula is C17H16F3NO. The highest BCUT2D eigenvalue weighted by molar-refractivity contribution is 5.94. The van der Waals surface area contributed by atoms with Gasteiger partial charge in [0.1, 0.15) is 6.04 Å². The Bertz CT molecular complexity index is 621. The van der Waals surface area contributed by atoms with Crippen LogP contribution < -0.4 is 5.32 Å². The molecule has 2 aromatic rings. The number of hydrogen-bond acceptors (Lipinski definition) is 1. The summed E-state index contributed by atoms with van der Waals surface area (Å²) in [5.74, 6) is -0.727. The van der Waals surface area contributed by atoms with E-state index in [9.17, 15) is 18.0 Å². The van der Waals surface area contributed by atoms with Crippen LogP contribution in [0.25, 0.3) is 0 Å². The fourth-order valence-electron chi connectivity index (χ4n) is 2.04. The van der Waals surface area contributed by atoms with Crippen LogP contribution in [-0.4, -0.2) is 18.1 Å². The molecule has 0 radical (unpaired) electrons. The zero-order chi connectivity index (χ0) is 16.2. The van der Waals surface area contributed by atoms with Gasteiger partial charge >= 0.3 is 6.18 Å². The summed E-state index contributed by atoms with van der Waals surface area (Å²) in [5.41, 5.74) is 1.71. The van der Waals surface area contributed by atoms with Crippen LogP contribution in [0.1, 0.15) is 21.5 Å². The molecule has 0 unspecified atom stereocenters. The number of nitrogens with one attached hydrogen (secondary N) is 1. The van der Waals surface area contributed by atoms with Gasteiger partial charge in [0, 0.05) is 12.0 Å². The molecule has 2 aromatic carbocycles. The highest BCUT2D eigenvalue weighted by Crippen LogP contribution is 2.24. The third-order valence-corrected chi connectivity index (χ3v) is 3.30. The number of benzene rings is 2. The van der Waals surface area contributed by atoms with E-state index < -0.39 is 18.1 Å². The maximum Gasteiger partial charge on any atom is 0.408 e. The third-order valence-electron chi connectivity index (χ3n) is 3.30. The largest absolute Gasteiger partial charge is 0.408 e. The van der Waals surface area contributed by atoms with Gasteiger partial charge in [-0.05, 0) is 24.6 Å². The van der Waals surface area contributed by atoms with Crippen molar-refractivity contribution >= 4 is 5.91 Å². The Labute approximate surface area is 127 Å². The molecular weight excluding hydrogens is 291 g/mol. The van der Waals surface area contributed by atoms with E-state index in [1.54, 1.807) is 42.5 Å². The molecule has 0 saturated carbocycles. The van der Waals surface area contributed by atoms with Crippen molar-refractivity contribution in [2.24, 2.45) is 0 Å². The van der Waals surface area contributed by atoms with E-state index in [2.05, 4.69) is 5.32 Å². The summed E-state index contributed by atoms with van der Waals surface area (Å²) in [4.78, 5) is 11.9. The second-order valence-electron chi connectivity index (χ2n) is 5.12. The minimum absolute atomic E-state index is 0.209. The Hall–Kier alpha value is -2.30. The van der Waals surface area contributed by atoms with Crippen molar-refractivity contribution in [2.75, 3.05) is 0 Å². The van der Waals surface area contributed by atoms with Crippen molar-refractivity contribution in [1.82, 2.24) is 5.32 Å². The Morgan fingerprint density at radius 2 is 1.64 bits per heavy atom. The van der Waals surface area contributed by atoms with Crippen LogP contribution in [0.4, 0.5) is 13.2 Å². The van der Waals surface area contributed by atoms with Gasteiger partial charge in [0.2, 0.25) is 0 Å². The minimum Gasteiger partial charge on any atom is -0.340 e. The number of carbonyl (C=O) groups is 1. The number of rotatable bonds is 4. The summed E-state index contributed by atoms with van der Waals surface area (Å²) in [6.45, 7) is 1.86. The van der Waals surface area contributed by atoms with Crippen LogP contribution in [0.2, 0.25) is 0 Å². The SMILES string of the molecule is Cc1ccc(C[C@H](NC(=O)c2ccccc2)C(F)(F)F)cc1. The molecule has 0 aliphatic heterocycles. The van der Waals surface area contributed by atoms with Crippen molar-refractivity contribution in [3.05, 3.63) is 71.3 Å². The maximum absolute atomic E-state index is 13.1. The van der Waals surface area contributed by atoms with Gasteiger partial charge in [0.05, 0.1) is 0 Å². The van der Waals surface area contributed by atoms with E-state index in [1.165, 1.54) is 12.1 Å². The first-order chi connectivity index (χ1) is 10.4. The van der Waals surface area contributed by atoms with E-state index in [1.807, 2.05) is 6.92 Å². The number of amides is 1. The average Bonchev–Trinajstić information content (AvgIpc) is 2.48. The van der Waals surface area contributed by atoms with Gasteiger partial charge in [-0.3, -0.25) is 4.79 Å². The quantitative estimate of drug-likeness (QED) is 0.912. The molecule has 0 aromatic heterocycles. The van der Waals surface area contributed by atoms with Crippen LogP contribution >= 0.6 is 0 Å². The van der Waals surface area contributed by atoms with E-state index in [0.717, 1.165) is 5.56 Å². The molecule has 0 fully saturated rings.